The number of H-pyrrole nitrogens is 1. The Morgan fingerprint density at radius 2 is 2.19 bits per heavy atom. The van der Waals surface area contributed by atoms with Gasteiger partial charge in [-0.3, -0.25) is 4.79 Å². The first-order valence-corrected chi connectivity index (χ1v) is 5.74. The van der Waals surface area contributed by atoms with Crippen LogP contribution in [0.3, 0.4) is 0 Å². The molecule has 0 amide bonds. The number of carbonyl (C=O) groups excluding carboxylic acids is 1. The van der Waals surface area contributed by atoms with E-state index in [1.54, 1.807) is 11.6 Å². The lowest BCUT2D eigenvalue weighted by atomic mass is 10.2. The van der Waals surface area contributed by atoms with Crippen LogP contribution in [0.4, 0.5) is 0 Å². The lowest BCUT2D eigenvalue weighted by Crippen LogP contribution is -2.00. The molecule has 2 aromatic heterocycles. The molecule has 0 fully saturated rings. The van der Waals surface area contributed by atoms with Crippen molar-refractivity contribution in [2.75, 3.05) is 0 Å². The van der Waals surface area contributed by atoms with Gasteiger partial charge in [-0.15, -0.1) is 11.3 Å². The van der Waals surface area contributed by atoms with Gasteiger partial charge >= 0.3 is 0 Å². The van der Waals surface area contributed by atoms with Crippen molar-refractivity contribution in [3.8, 4) is 0 Å². The highest BCUT2D eigenvalue weighted by Crippen LogP contribution is 2.18. The van der Waals surface area contributed by atoms with E-state index in [4.69, 9.17) is 0 Å². The van der Waals surface area contributed by atoms with Crippen LogP contribution in [0.25, 0.3) is 10.9 Å². The molecule has 0 aliphatic rings. The number of rotatable bonds is 2. The second-order valence-electron chi connectivity index (χ2n) is 3.44. The van der Waals surface area contributed by atoms with Crippen LogP contribution in [-0.4, -0.2) is 15.8 Å². The number of fused-ring (bicyclic) bond motifs is 1. The molecule has 0 spiro atoms. The number of benzene rings is 1. The summed E-state index contributed by atoms with van der Waals surface area (Å²) in [6.45, 7) is 0. The van der Waals surface area contributed by atoms with E-state index in [2.05, 4.69) is 9.97 Å². The third-order valence-corrected chi connectivity index (χ3v) is 3.17. The van der Waals surface area contributed by atoms with Crippen LogP contribution in [0.2, 0.25) is 0 Å². The SMILES string of the molecule is O=C(c1cc2ccccc2[nH]1)c1nccs1. The highest BCUT2D eigenvalue weighted by atomic mass is 32.1. The van der Waals surface area contributed by atoms with Crippen LogP contribution >= 0.6 is 11.3 Å². The van der Waals surface area contributed by atoms with Crippen LogP contribution < -0.4 is 0 Å². The van der Waals surface area contributed by atoms with Crippen molar-refractivity contribution < 1.29 is 4.79 Å². The van der Waals surface area contributed by atoms with Gasteiger partial charge in [0.15, 0.2) is 5.01 Å². The van der Waals surface area contributed by atoms with Gasteiger partial charge in [0.1, 0.15) is 0 Å². The van der Waals surface area contributed by atoms with E-state index in [9.17, 15) is 4.79 Å². The van der Waals surface area contributed by atoms with Crippen molar-refractivity contribution in [2.45, 2.75) is 0 Å². The molecule has 3 nitrogen and oxygen atoms in total. The number of aromatic amines is 1. The number of thiazole rings is 1. The number of nitrogens with one attached hydrogen (secondary N) is 1. The van der Waals surface area contributed by atoms with Crippen molar-refractivity contribution >= 4 is 28.0 Å². The molecule has 0 atom stereocenters. The summed E-state index contributed by atoms with van der Waals surface area (Å²) in [6.07, 6.45) is 1.64. The van der Waals surface area contributed by atoms with E-state index < -0.39 is 0 Å². The lowest BCUT2D eigenvalue weighted by molar-refractivity contribution is 0.103. The largest absolute Gasteiger partial charge is 0.352 e. The predicted octanol–water partition coefficient (Wildman–Crippen LogP) is 2.86. The standard InChI is InChI=1S/C12H8N2OS/c15-11(12-13-5-6-16-12)10-7-8-3-1-2-4-9(8)14-10/h1-7,14H. The Morgan fingerprint density at radius 3 is 2.94 bits per heavy atom. The van der Waals surface area contributed by atoms with Gasteiger partial charge in [-0.1, -0.05) is 18.2 Å². The molecule has 1 aromatic carbocycles. The van der Waals surface area contributed by atoms with E-state index in [-0.39, 0.29) is 5.78 Å². The Hall–Kier alpha value is -1.94. The number of nitrogens with zero attached hydrogens (tertiary/aromatic N) is 1. The molecule has 3 rings (SSSR count). The van der Waals surface area contributed by atoms with Gasteiger partial charge in [-0.25, -0.2) is 4.98 Å². The van der Waals surface area contributed by atoms with E-state index in [0.717, 1.165) is 10.9 Å². The van der Waals surface area contributed by atoms with Gasteiger partial charge in [0.05, 0.1) is 5.69 Å². The fraction of sp³-hybridized carbons (Fsp3) is 0. The van der Waals surface area contributed by atoms with E-state index >= 15 is 0 Å². The van der Waals surface area contributed by atoms with Crippen LogP contribution in [0.1, 0.15) is 15.5 Å². The molecule has 16 heavy (non-hydrogen) atoms. The van der Waals surface area contributed by atoms with Gasteiger partial charge in [0, 0.05) is 22.5 Å². The first kappa shape index (κ1) is 9.30. The second-order valence-corrected chi connectivity index (χ2v) is 4.33. The van der Waals surface area contributed by atoms with E-state index in [1.165, 1.54) is 11.3 Å². The van der Waals surface area contributed by atoms with Crippen molar-refractivity contribution in [3.63, 3.8) is 0 Å². The highest BCUT2D eigenvalue weighted by molar-refractivity contribution is 7.11. The van der Waals surface area contributed by atoms with E-state index in [1.807, 2.05) is 30.3 Å². The zero-order valence-electron chi connectivity index (χ0n) is 8.31. The van der Waals surface area contributed by atoms with Crippen molar-refractivity contribution in [1.82, 2.24) is 9.97 Å². The van der Waals surface area contributed by atoms with Gasteiger partial charge < -0.3 is 4.98 Å². The topological polar surface area (TPSA) is 45.8 Å². The molecule has 3 aromatic rings. The summed E-state index contributed by atoms with van der Waals surface area (Å²) in [5.41, 5.74) is 1.57. The maximum absolute atomic E-state index is 12.0. The van der Waals surface area contributed by atoms with Crippen LogP contribution in [0.5, 0.6) is 0 Å². The molecule has 4 heteroatoms. The van der Waals surface area contributed by atoms with Crippen LogP contribution in [0, 0.1) is 0 Å². The first-order chi connectivity index (χ1) is 7.84. The van der Waals surface area contributed by atoms with Crippen molar-refractivity contribution in [3.05, 3.63) is 52.6 Å². The maximum atomic E-state index is 12.0. The maximum Gasteiger partial charge on any atom is 0.237 e. The Balaban J connectivity index is 2.10. The Bertz CT molecular complexity index is 607. The number of para-hydroxylation sites is 1. The highest BCUT2D eigenvalue weighted by Gasteiger charge is 2.13. The number of ketones is 1. The molecule has 0 bridgehead atoms. The molecule has 1 N–H and O–H groups in total. The predicted molar refractivity (Wildman–Crippen MR) is 63.8 cm³/mol. The molecular weight excluding hydrogens is 220 g/mol. The minimum Gasteiger partial charge on any atom is -0.352 e. The van der Waals surface area contributed by atoms with Crippen molar-refractivity contribution in [1.29, 1.82) is 0 Å². The zero-order valence-corrected chi connectivity index (χ0v) is 9.12. The monoisotopic (exact) mass is 228 g/mol. The van der Waals surface area contributed by atoms with Gasteiger partial charge in [0.25, 0.3) is 0 Å². The summed E-state index contributed by atoms with van der Waals surface area (Å²) in [7, 11) is 0. The average molecular weight is 228 g/mol. The first-order valence-electron chi connectivity index (χ1n) is 4.86. The molecule has 0 saturated carbocycles. The van der Waals surface area contributed by atoms with Gasteiger partial charge in [-0.05, 0) is 12.1 Å². The quantitative estimate of drug-likeness (QED) is 0.685. The fourth-order valence-corrected chi connectivity index (χ4v) is 2.24. The van der Waals surface area contributed by atoms with Gasteiger partial charge in [0.2, 0.25) is 5.78 Å². The third kappa shape index (κ3) is 1.44. The Morgan fingerprint density at radius 1 is 1.31 bits per heavy atom. The summed E-state index contributed by atoms with van der Waals surface area (Å²) < 4.78 is 0. The Labute approximate surface area is 95.8 Å². The molecule has 0 aliphatic heterocycles. The molecular formula is C12H8N2OS. The molecule has 0 aliphatic carbocycles. The normalized spacial score (nSPS) is 10.8. The number of carbonyl (C=O) groups is 1. The summed E-state index contributed by atoms with van der Waals surface area (Å²) in [5.74, 6) is -0.0498. The summed E-state index contributed by atoms with van der Waals surface area (Å²) in [4.78, 5) is 19.1. The van der Waals surface area contributed by atoms with E-state index in [0.29, 0.717) is 10.7 Å². The van der Waals surface area contributed by atoms with Crippen LogP contribution in [-0.2, 0) is 0 Å². The zero-order chi connectivity index (χ0) is 11.0. The molecule has 0 radical (unpaired) electrons. The second kappa shape index (κ2) is 3.57. The third-order valence-electron chi connectivity index (χ3n) is 2.40. The molecule has 0 saturated heterocycles. The van der Waals surface area contributed by atoms with Crippen LogP contribution in [0.15, 0.2) is 41.9 Å². The molecule has 78 valence electrons. The summed E-state index contributed by atoms with van der Waals surface area (Å²) >= 11 is 1.36. The number of aromatic nitrogens is 2. The number of hydrogen-bond donors (Lipinski definition) is 1. The lowest BCUT2D eigenvalue weighted by Gasteiger charge is -1.90. The summed E-state index contributed by atoms with van der Waals surface area (Å²) in [5, 5.41) is 3.37. The average Bonchev–Trinajstić information content (AvgIpc) is 2.97. The fourth-order valence-electron chi connectivity index (χ4n) is 1.65. The minimum atomic E-state index is -0.0498. The number of hydrogen-bond acceptors (Lipinski definition) is 3. The van der Waals surface area contributed by atoms with Gasteiger partial charge in [-0.2, -0.15) is 0 Å². The molecule has 0 unspecified atom stereocenters. The minimum absolute atomic E-state index is 0.0498. The smallest absolute Gasteiger partial charge is 0.237 e. The Kier molecular flexibility index (Phi) is 2.08. The summed E-state index contributed by atoms with van der Waals surface area (Å²) in [6, 6.07) is 9.68. The molecule has 2 heterocycles. The van der Waals surface area contributed by atoms with Crippen molar-refractivity contribution in [2.24, 2.45) is 0 Å².